The van der Waals surface area contributed by atoms with Crippen molar-refractivity contribution >= 4 is 6.03 Å². The number of amides is 2. The third-order valence-corrected chi connectivity index (χ3v) is 2.84. The topological polar surface area (TPSA) is 67.2 Å². The molecule has 0 spiro atoms. The van der Waals surface area contributed by atoms with Crippen molar-refractivity contribution in [1.29, 1.82) is 0 Å². The van der Waals surface area contributed by atoms with Crippen LogP contribution in [0.4, 0.5) is 4.79 Å². The van der Waals surface area contributed by atoms with Gasteiger partial charge < -0.3 is 16.4 Å². The van der Waals surface area contributed by atoms with Crippen molar-refractivity contribution in [2.45, 2.75) is 13.8 Å². The number of nitrogens with two attached hydrogens (primary N) is 1. The molecule has 0 aliphatic carbocycles. The van der Waals surface area contributed by atoms with Gasteiger partial charge >= 0.3 is 6.03 Å². The molecule has 1 heterocycles. The molecular formula is C8H17N3O. The lowest BCUT2D eigenvalue weighted by atomic mass is 9.81. The first-order valence-electron chi connectivity index (χ1n) is 4.28. The lowest BCUT2D eigenvalue weighted by Gasteiger charge is -2.27. The average molecular weight is 171 g/mol. The lowest BCUT2D eigenvalue weighted by molar-refractivity contribution is 0.230. The predicted molar refractivity (Wildman–Crippen MR) is 47.7 cm³/mol. The molecule has 1 aliphatic rings. The number of hydrogen-bond acceptors (Lipinski definition) is 2. The lowest BCUT2D eigenvalue weighted by Crippen LogP contribution is -2.42. The minimum atomic E-state index is -0.435. The van der Waals surface area contributed by atoms with Gasteiger partial charge in [-0.05, 0) is 12.5 Å². The molecule has 2 atom stereocenters. The van der Waals surface area contributed by atoms with Crippen molar-refractivity contribution in [3.63, 3.8) is 0 Å². The standard InChI is InChI=1S/C8H17N3O/c1-6-3-10-4-8(6,2)5-11-7(9)12/h6,10H,3-5H2,1-2H3,(H3,9,11,12). The minimum Gasteiger partial charge on any atom is -0.352 e. The van der Waals surface area contributed by atoms with E-state index >= 15 is 0 Å². The highest BCUT2D eigenvalue weighted by Gasteiger charge is 2.35. The molecule has 2 unspecified atom stereocenters. The smallest absolute Gasteiger partial charge is 0.312 e. The Morgan fingerprint density at radius 3 is 2.92 bits per heavy atom. The number of carbonyl (C=O) groups excluding carboxylic acids is 1. The van der Waals surface area contributed by atoms with Gasteiger partial charge in [0, 0.05) is 18.5 Å². The predicted octanol–water partition coefficient (Wildman–Crippen LogP) is -0.0997. The van der Waals surface area contributed by atoms with Gasteiger partial charge in [-0.2, -0.15) is 0 Å². The van der Waals surface area contributed by atoms with E-state index in [-0.39, 0.29) is 5.41 Å². The summed E-state index contributed by atoms with van der Waals surface area (Å²) in [6, 6.07) is -0.435. The van der Waals surface area contributed by atoms with Crippen molar-refractivity contribution in [2.24, 2.45) is 17.1 Å². The SMILES string of the molecule is CC1CNCC1(C)CNC(N)=O. The molecule has 1 rings (SSSR count). The van der Waals surface area contributed by atoms with Gasteiger partial charge in [0.25, 0.3) is 0 Å². The molecule has 70 valence electrons. The molecule has 0 aromatic carbocycles. The summed E-state index contributed by atoms with van der Waals surface area (Å²) >= 11 is 0. The number of hydrogen-bond donors (Lipinski definition) is 3. The third kappa shape index (κ3) is 1.88. The van der Waals surface area contributed by atoms with E-state index in [1.54, 1.807) is 0 Å². The zero-order valence-corrected chi connectivity index (χ0v) is 7.68. The highest BCUT2D eigenvalue weighted by molar-refractivity contribution is 5.71. The maximum absolute atomic E-state index is 10.5. The van der Waals surface area contributed by atoms with Crippen LogP contribution in [0.2, 0.25) is 0 Å². The van der Waals surface area contributed by atoms with Crippen molar-refractivity contribution in [1.82, 2.24) is 10.6 Å². The Balaban J connectivity index is 2.42. The number of carbonyl (C=O) groups is 1. The first kappa shape index (κ1) is 9.32. The molecule has 12 heavy (non-hydrogen) atoms. The summed E-state index contributed by atoms with van der Waals surface area (Å²) in [5, 5.41) is 5.95. The van der Waals surface area contributed by atoms with Crippen LogP contribution in [-0.4, -0.2) is 25.7 Å². The summed E-state index contributed by atoms with van der Waals surface area (Å²) < 4.78 is 0. The van der Waals surface area contributed by atoms with E-state index in [0.717, 1.165) is 13.1 Å². The van der Waals surface area contributed by atoms with Crippen LogP contribution >= 0.6 is 0 Å². The Kier molecular flexibility index (Phi) is 2.57. The fourth-order valence-corrected chi connectivity index (χ4v) is 1.52. The van der Waals surface area contributed by atoms with E-state index in [1.807, 2.05) is 0 Å². The van der Waals surface area contributed by atoms with Gasteiger partial charge in [-0.3, -0.25) is 0 Å². The maximum Gasteiger partial charge on any atom is 0.312 e. The molecule has 4 heteroatoms. The second-order valence-electron chi connectivity index (χ2n) is 3.90. The van der Waals surface area contributed by atoms with E-state index in [0.29, 0.717) is 12.5 Å². The molecule has 0 radical (unpaired) electrons. The summed E-state index contributed by atoms with van der Waals surface area (Å²) in [4.78, 5) is 10.5. The van der Waals surface area contributed by atoms with E-state index in [4.69, 9.17) is 5.73 Å². The van der Waals surface area contributed by atoms with Gasteiger partial charge in [-0.25, -0.2) is 4.79 Å². The Hall–Kier alpha value is -0.770. The van der Waals surface area contributed by atoms with Gasteiger partial charge in [-0.15, -0.1) is 0 Å². The van der Waals surface area contributed by atoms with Gasteiger partial charge in [0.05, 0.1) is 0 Å². The second kappa shape index (κ2) is 3.31. The zero-order chi connectivity index (χ0) is 9.19. The van der Waals surface area contributed by atoms with Crippen LogP contribution in [0.15, 0.2) is 0 Å². The normalized spacial score (nSPS) is 35.0. The van der Waals surface area contributed by atoms with E-state index in [2.05, 4.69) is 24.5 Å². The molecule has 0 bridgehead atoms. The molecule has 2 amide bonds. The van der Waals surface area contributed by atoms with Crippen molar-refractivity contribution in [3.05, 3.63) is 0 Å². The first-order valence-corrected chi connectivity index (χ1v) is 4.28. The maximum atomic E-state index is 10.5. The summed E-state index contributed by atoms with van der Waals surface area (Å²) in [5.41, 5.74) is 5.17. The van der Waals surface area contributed by atoms with E-state index in [9.17, 15) is 4.79 Å². The van der Waals surface area contributed by atoms with Crippen molar-refractivity contribution in [2.75, 3.05) is 19.6 Å². The van der Waals surface area contributed by atoms with Crippen LogP contribution in [0, 0.1) is 11.3 Å². The fraction of sp³-hybridized carbons (Fsp3) is 0.875. The van der Waals surface area contributed by atoms with Crippen LogP contribution in [0.3, 0.4) is 0 Å². The summed E-state index contributed by atoms with van der Waals surface area (Å²) in [6.07, 6.45) is 0. The molecule has 0 saturated carbocycles. The molecule has 0 aromatic rings. The Bertz CT molecular complexity index is 183. The highest BCUT2D eigenvalue weighted by atomic mass is 16.2. The molecule has 0 aromatic heterocycles. The van der Waals surface area contributed by atoms with E-state index in [1.165, 1.54) is 0 Å². The van der Waals surface area contributed by atoms with Gasteiger partial charge in [0.15, 0.2) is 0 Å². The highest BCUT2D eigenvalue weighted by Crippen LogP contribution is 2.29. The summed E-state index contributed by atoms with van der Waals surface area (Å²) in [7, 11) is 0. The van der Waals surface area contributed by atoms with Gasteiger partial charge in [0.1, 0.15) is 0 Å². The summed E-state index contributed by atoms with van der Waals surface area (Å²) in [6.45, 7) is 6.98. The first-order chi connectivity index (χ1) is 5.54. The number of rotatable bonds is 2. The van der Waals surface area contributed by atoms with Crippen molar-refractivity contribution < 1.29 is 4.79 Å². The van der Waals surface area contributed by atoms with Gasteiger partial charge in [-0.1, -0.05) is 13.8 Å². The van der Waals surface area contributed by atoms with E-state index < -0.39 is 6.03 Å². The molecule has 1 aliphatic heterocycles. The number of primary amides is 1. The van der Waals surface area contributed by atoms with Gasteiger partial charge in [0.2, 0.25) is 0 Å². The zero-order valence-electron chi connectivity index (χ0n) is 7.68. The Labute approximate surface area is 72.9 Å². The quantitative estimate of drug-likeness (QED) is 0.543. The largest absolute Gasteiger partial charge is 0.352 e. The molecule has 1 fully saturated rings. The van der Waals surface area contributed by atoms with Crippen LogP contribution in [0.25, 0.3) is 0 Å². The number of nitrogens with one attached hydrogen (secondary N) is 2. The molecule has 4 nitrogen and oxygen atoms in total. The molecule has 1 saturated heterocycles. The van der Waals surface area contributed by atoms with Crippen LogP contribution < -0.4 is 16.4 Å². The Morgan fingerprint density at radius 1 is 1.83 bits per heavy atom. The second-order valence-corrected chi connectivity index (χ2v) is 3.90. The minimum absolute atomic E-state index is 0.162. The number of urea groups is 1. The van der Waals surface area contributed by atoms with Crippen LogP contribution in [-0.2, 0) is 0 Å². The fourth-order valence-electron chi connectivity index (χ4n) is 1.52. The monoisotopic (exact) mass is 171 g/mol. The summed E-state index contributed by atoms with van der Waals surface area (Å²) in [5.74, 6) is 0.587. The molecule has 4 N–H and O–H groups in total. The van der Waals surface area contributed by atoms with Crippen molar-refractivity contribution in [3.8, 4) is 0 Å². The Morgan fingerprint density at radius 2 is 2.50 bits per heavy atom. The van der Waals surface area contributed by atoms with Crippen LogP contribution in [0.5, 0.6) is 0 Å². The van der Waals surface area contributed by atoms with Crippen LogP contribution in [0.1, 0.15) is 13.8 Å². The third-order valence-electron chi connectivity index (χ3n) is 2.84. The average Bonchev–Trinajstić information content (AvgIpc) is 2.30. The molecular weight excluding hydrogens is 154 g/mol.